The maximum Gasteiger partial charge on any atom is 0.253 e. The van der Waals surface area contributed by atoms with Crippen LogP contribution in [0, 0.1) is 5.92 Å². The number of hydrogen-bond acceptors (Lipinski definition) is 4. The number of hydrogen-bond donors (Lipinski definition) is 1. The Morgan fingerprint density at radius 3 is 2.37 bits per heavy atom. The number of nitrogens with one attached hydrogen (secondary N) is 1. The summed E-state index contributed by atoms with van der Waals surface area (Å²) in [6.45, 7) is 3.07. The van der Waals surface area contributed by atoms with Crippen LogP contribution in [-0.2, 0) is 11.3 Å². The lowest BCUT2D eigenvalue weighted by Crippen LogP contribution is -2.29. The minimum atomic E-state index is -0.105. The van der Waals surface area contributed by atoms with Crippen molar-refractivity contribution in [2.45, 2.75) is 25.8 Å². The van der Waals surface area contributed by atoms with Crippen LogP contribution in [0.3, 0.4) is 0 Å². The van der Waals surface area contributed by atoms with Crippen LogP contribution in [-0.4, -0.2) is 49.3 Å². The average Bonchev–Trinajstić information content (AvgIpc) is 3.16. The summed E-state index contributed by atoms with van der Waals surface area (Å²) in [5.41, 5.74) is 1.26. The van der Waals surface area contributed by atoms with Crippen LogP contribution in [0.1, 0.15) is 41.1 Å². The van der Waals surface area contributed by atoms with Crippen molar-refractivity contribution < 1.29 is 14.0 Å². The lowest BCUT2D eigenvalue weighted by Gasteiger charge is -2.15. The van der Waals surface area contributed by atoms with Gasteiger partial charge in [-0.1, -0.05) is 6.92 Å². The van der Waals surface area contributed by atoms with Gasteiger partial charge in [0.1, 0.15) is 11.5 Å². The minimum absolute atomic E-state index is 0.0639. The molecule has 1 heterocycles. The van der Waals surface area contributed by atoms with E-state index in [2.05, 4.69) is 12.2 Å². The van der Waals surface area contributed by atoms with Gasteiger partial charge in [0.25, 0.3) is 5.91 Å². The predicted octanol–water partition coefficient (Wildman–Crippen LogP) is 3.18. The highest BCUT2D eigenvalue weighted by molar-refractivity contribution is 5.95. The fraction of sp³-hybridized carbons (Fsp3) is 0.429. The Hall–Kier alpha value is -2.60. The van der Waals surface area contributed by atoms with Crippen molar-refractivity contribution in [1.82, 2.24) is 9.80 Å². The molecule has 1 saturated carbocycles. The normalized spacial score (nSPS) is 18.4. The van der Waals surface area contributed by atoms with Crippen molar-refractivity contribution in [3.8, 4) is 0 Å². The Balaban J connectivity index is 1.48. The standard InChI is InChI=1S/C21H27N3O3/c1-14-11-18(14)19-10-9-17(27-19)12-24(4)13-20(25)22-16-7-5-15(6-8-16)21(26)23(2)3/h5-10,14,18H,11-13H2,1-4H3,(H,22,25). The molecule has 1 aliphatic carbocycles. The first-order chi connectivity index (χ1) is 12.8. The fourth-order valence-corrected chi connectivity index (χ4v) is 3.12. The van der Waals surface area contributed by atoms with Gasteiger partial charge in [-0.15, -0.1) is 0 Å². The summed E-state index contributed by atoms with van der Waals surface area (Å²) in [7, 11) is 5.31. The summed E-state index contributed by atoms with van der Waals surface area (Å²) in [6.07, 6.45) is 1.20. The van der Waals surface area contributed by atoms with Crippen LogP contribution in [0.15, 0.2) is 40.8 Å². The Labute approximate surface area is 160 Å². The smallest absolute Gasteiger partial charge is 0.253 e. The SMILES string of the molecule is CC1CC1c1ccc(CN(C)CC(=O)Nc2ccc(C(=O)N(C)C)cc2)o1. The summed E-state index contributed by atoms with van der Waals surface area (Å²) in [5, 5.41) is 2.86. The molecule has 6 heteroatoms. The number of amides is 2. The van der Waals surface area contributed by atoms with Gasteiger partial charge in [0.2, 0.25) is 5.91 Å². The molecule has 0 aliphatic heterocycles. The minimum Gasteiger partial charge on any atom is -0.464 e. The van der Waals surface area contributed by atoms with Crippen molar-refractivity contribution in [1.29, 1.82) is 0 Å². The molecule has 6 nitrogen and oxygen atoms in total. The molecule has 0 saturated heterocycles. The molecule has 2 amide bonds. The largest absolute Gasteiger partial charge is 0.464 e. The van der Waals surface area contributed by atoms with E-state index >= 15 is 0 Å². The maximum atomic E-state index is 12.2. The number of carbonyl (C=O) groups is 2. The molecule has 2 unspecified atom stereocenters. The highest BCUT2D eigenvalue weighted by atomic mass is 16.3. The zero-order valence-electron chi connectivity index (χ0n) is 16.4. The van der Waals surface area contributed by atoms with Crippen LogP contribution >= 0.6 is 0 Å². The van der Waals surface area contributed by atoms with Crippen molar-refractivity contribution in [2.75, 3.05) is 33.0 Å². The van der Waals surface area contributed by atoms with E-state index in [1.165, 1.54) is 11.3 Å². The summed E-state index contributed by atoms with van der Waals surface area (Å²) < 4.78 is 5.89. The third-order valence-corrected chi connectivity index (χ3v) is 4.82. The van der Waals surface area contributed by atoms with Crippen LogP contribution < -0.4 is 5.32 Å². The number of furan rings is 1. The molecule has 3 rings (SSSR count). The predicted molar refractivity (Wildman–Crippen MR) is 105 cm³/mol. The van der Waals surface area contributed by atoms with Gasteiger partial charge in [0, 0.05) is 31.3 Å². The number of benzene rings is 1. The molecule has 1 aromatic heterocycles. The number of likely N-dealkylation sites (N-methyl/N-ethyl adjacent to an activating group) is 1. The molecular formula is C21H27N3O3. The van der Waals surface area contributed by atoms with Crippen LogP contribution in [0.5, 0.6) is 0 Å². The van der Waals surface area contributed by atoms with Gasteiger partial charge in [-0.05, 0) is 55.8 Å². The van der Waals surface area contributed by atoms with E-state index in [0.717, 1.165) is 11.5 Å². The van der Waals surface area contributed by atoms with Crippen LogP contribution in [0.2, 0.25) is 0 Å². The molecule has 2 atom stereocenters. The van der Waals surface area contributed by atoms with Crippen LogP contribution in [0.25, 0.3) is 0 Å². The van der Waals surface area contributed by atoms with E-state index in [4.69, 9.17) is 4.42 Å². The molecule has 0 radical (unpaired) electrons. The van der Waals surface area contributed by atoms with E-state index in [1.807, 2.05) is 24.1 Å². The molecular weight excluding hydrogens is 342 g/mol. The van der Waals surface area contributed by atoms with E-state index in [9.17, 15) is 9.59 Å². The second kappa shape index (κ2) is 7.96. The molecule has 0 spiro atoms. The molecule has 1 N–H and O–H groups in total. The molecule has 1 aliphatic rings. The monoisotopic (exact) mass is 369 g/mol. The molecule has 1 aromatic carbocycles. The topological polar surface area (TPSA) is 65.8 Å². The third-order valence-electron chi connectivity index (χ3n) is 4.82. The van der Waals surface area contributed by atoms with Crippen molar-refractivity contribution in [2.24, 2.45) is 5.92 Å². The second-order valence-electron chi connectivity index (χ2n) is 7.62. The van der Waals surface area contributed by atoms with Gasteiger partial charge in [-0.3, -0.25) is 14.5 Å². The molecule has 2 aromatic rings. The lowest BCUT2D eigenvalue weighted by atomic mass is 10.2. The Kier molecular flexibility index (Phi) is 5.65. The van der Waals surface area contributed by atoms with Gasteiger partial charge >= 0.3 is 0 Å². The van der Waals surface area contributed by atoms with Gasteiger partial charge < -0.3 is 14.6 Å². The van der Waals surface area contributed by atoms with E-state index in [-0.39, 0.29) is 18.4 Å². The molecule has 1 fully saturated rings. The highest BCUT2D eigenvalue weighted by Gasteiger charge is 2.36. The van der Waals surface area contributed by atoms with Crippen molar-refractivity contribution >= 4 is 17.5 Å². The number of nitrogens with zero attached hydrogens (tertiary/aromatic N) is 2. The van der Waals surface area contributed by atoms with Crippen molar-refractivity contribution in [3.63, 3.8) is 0 Å². The summed E-state index contributed by atoms with van der Waals surface area (Å²) in [6, 6.07) is 11.0. The number of carbonyl (C=O) groups excluding carboxylic acids is 2. The third kappa shape index (κ3) is 4.98. The van der Waals surface area contributed by atoms with E-state index < -0.39 is 0 Å². The zero-order chi connectivity index (χ0) is 19.6. The Morgan fingerprint density at radius 2 is 1.78 bits per heavy atom. The maximum absolute atomic E-state index is 12.2. The summed E-state index contributed by atoms with van der Waals surface area (Å²) in [4.78, 5) is 27.6. The molecule has 0 bridgehead atoms. The average molecular weight is 369 g/mol. The van der Waals surface area contributed by atoms with Gasteiger partial charge in [0.05, 0.1) is 13.1 Å². The lowest BCUT2D eigenvalue weighted by molar-refractivity contribution is -0.117. The highest BCUT2D eigenvalue weighted by Crippen LogP contribution is 2.47. The Bertz CT molecular complexity index is 810. The number of rotatable bonds is 7. The van der Waals surface area contributed by atoms with E-state index in [1.54, 1.807) is 38.4 Å². The van der Waals surface area contributed by atoms with Gasteiger partial charge in [-0.2, -0.15) is 0 Å². The zero-order valence-corrected chi connectivity index (χ0v) is 16.4. The fourth-order valence-electron chi connectivity index (χ4n) is 3.12. The quantitative estimate of drug-likeness (QED) is 0.814. The molecule has 27 heavy (non-hydrogen) atoms. The molecule has 144 valence electrons. The number of anilines is 1. The van der Waals surface area contributed by atoms with E-state index in [0.29, 0.717) is 29.6 Å². The van der Waals surface area contributed by atoms with Gasteiger partial charge in [0.15, 0.2) is 0 Å². The Morgan fingerprint density at radius 1 is 1.11 bits per heavy atom. The second-order valence-corrected chi connectivity index (χ2v) is 7.62. The first kappa shape index (κ1) is 19.2. The van der Waals surface area contributed by atoms with Crippen LogP contribution in [0.4, 0.5) is 5.69 Å². The first-order valence-electron chi connectivity index (χ1n) is 9.22. The summed E-state index contributed by atoms with van der Waals surface area (Å²) >= 11 is 0. The summed E-state index contributed by atoms with van der Waals surface area (Å²) in [5.74, 6) is 3.05. The van der Waals surface area contributed by atoms with Gasteiger partial charge in [-0.25, -0.2) is 0 Å². The van der Waals surface area contributed by atoms with Crippen molar-refractivity contribution in [3.05, 3.63) is 53.5 Å². The first-order valence-corrected chi connectivity index (χ1v) is 9.22.